The van der Waals surface area contributed by atoms with Gasteiger partial charge in [0.15, 0.2) is 0 Å². The lowest BCUT2D eigenvalue weighted by atomic mass is 9.65. The van der Waals surface area contributed by atoms with Gasteiger partial charge >= 0.3 is 5.97 Å². The van der Waals surface area contributed by atoms with Crippen LogP contribution >= 0.6 is 0 Å². The van der Waals surface area contributed by atoms with Crippen molar-refractivity contribution in [2.24, 2.45) is 17.8 Å². The van der Waals surface area contributed by atoms with Crippen LogP contribution in [0.3, 0.4) is 0 Å². The monoisotopic (exact) mass is 352 g/mol. The molecule has 0 bridgehead atoms. The summed E-state index contributed by atoms with van der Waals surface area (Å²) in [6, 6.07) is 8.74. The van der Waals surface area contributed by atoms with Crippen molar-refractivity contribution in [2.45, 2.75) is 31.7 Å². The number of fused-ring (bicyclic) bond motifs is 6. The number of carbonyl (C=O) groups is 2. The minimum absolute atomic E-state index is 0.0687. The Morgan fingerprint density at radius 3 is 2.96 bits per heavy atom. The summed E-state index contributed by atoms with van der Waals surface area (Å²) >= 11 is 0. The Morgan fingerprint density at radius 1 is 1.27 bits per heavy atom. The van der Waals surface area contributed by atoms with Crippen molar-refractivity contribution < 1.29 is 14.3 Å². The summed E-state index contributed by atoms with van der Waals surface area (Å²) in [4.78, 5) is 31.0. The molecule has 4 atom stereocenters. The van der Waals surface area contributed by atoms with Crippen LogP contribution < -0.4 is 0 Å². The summed E-state index contributed by atoms with van der Waals surface area (Å²) in [6.07, 6.45) is 3.33. The van der Waals surface area contributed by atoms with Crippen LogP contribution in [0.2, 0.25) is 0 Å². The van der Waals surface area contributed by atoms with Gasteiger partial charge in [-0.05, 0) is 42.7 Å². The molecule has 3 heterocycles. The lowest BCUT2D eigenvalue weighted by molar-refractivity contribution is -0.157. The number of rotatable bonds is 1. The van der Waals surface area contributed by atoms with Gasteiger partial charge in [-0.3, -0.25) is 14.5 Å². The van der Waals surface area contributed by atoms with Crippen molar-refractivity contribution in [3.63, 3.8) is 0 Å². The average molecular weight is 352 g/mol. The Morgan fingerprint density at radius 2 is 2.12 bits per heavy atom. The molecule has 3 aliphatic rings. The molecule has 5 rings (SSSR count). The number of piperidine rings is 1. The maximum atomic E-state index is 12.5. The average Bonchev–Trinajstić information content (AvgIpc) is 3.05. The number of nitrogens with zero attached hydrogens (tertiary/aromatic N) is 1. The van der Waals surface area contributed by atoms with Gasteiger partial charge < -0.3 is 9.72 Å². The summed E-state index contributed by atoms with van der Waals surface area (Å²) < 4.78 is 4.98. The van der Waals surface area contributed by atoms with E-state index in [1.807, 2.05) is 0 Å². The molecule has 5 heteroatoms. The first kappa shape index (κ1) is 16.1. The molecule has 1 N–H and O–H groups in total. The van der Waals surface area contributed by atoms with E-state index in [4.69, 9.17) is 4.74 Å². The fourth-order valence-corrected chi connectivity index (χ4v) is 5.61. The number of para-hydroxylation sites is 1. The molecule has 0 radical (unpaired) electrons. The molecule has 136 valence electrons. The van der Waals surface area contributed by atoms with Crippen molar-refractivity contribution in [3.8, 4) is 0 Å². The first-order valence-electron chi connectivity index (χ1n) is 9.61. The number of carbonyl (C=O) groups excluding carboxylic acids is 2. The number of H-pyrrole nitrogens is 1. The van der Waals surface area contributed by atoms with E-state index in [1.165, 1.54) is 29.3 Å². The van der Waals surface area contributed by atoms with E-state index in [0.717, 1.165) is 32.4 Å². The predicted molar refractivity (Wildman–Crippen MR) is 97.7 cm³/mol. The molecule has 1 aromatic heterocycles. The second-order valence-corrected chi connectivity index (χ2v) is 7.99. The van der Waals surface area contributed by atoms with E-state index >= 15 is 0 Å². The van der Waals surface area contributed by atoms with Crippen molar-refractivity contribution >= 4 is 22.7 Å². The highest BCUT2D eigenvalue weighted by Crippen LogP contribution is 2.48. The largest absolute Gasteiger partial charge is 0.468 e. The zero-order valence-electron chi connectivity index (χ0n) is 15.0. The van der Waals surface area contributed by atoms with Crippen LogP contribution in [0, 0.1) is 17.8 Å². The van der Waals surface area contributed by atoms with Crippen LogP contribution in [0.25, 0.3) is 10.9 Å². The normalized spacial score (nSPS) is 31.2. The molecular weight excluding hydrogens is 328 g/mol. The smallest absolute Gasteiger partial charge is 0.316 e. The van der Waals surface area contributed by atoms with E-state index in [1.54, 1.807) is 0 Å². The van der Waals surface area contributed by atoms with Gasteiger partial charge in [-0.25, -0.2) is 0 Å². The number of Topliss-reactive ketones (excluding diaryl/α,β-unsaturated/α-hetero) is 1. The van der Waals surface area contributed by atoms with Gasteiger partial charge in [-0.1, -0.05) is 18.2 Å². The van der Waals surface area contributed by atoms with Gasteiger partial charge in [-0.2, -0.15) is 0 Å². The molecule has 1 saturated heterocycles. The van der Waals surface area contributed by atoms with Gasteiger partial charge in [0.25, 0.3) is 0 Å². The standard InChI is InChI=1S/C21H24N2O3/c1-26-21(25)19-15-10-17-20-14(13-4-2-3-5-16(13)22-20)8-9-23(17)11-12(15)6-7-18(19)24/h2-5,12,15,17,19,22H,6-11H2,1H3/t12-,15-,17-,19+/m1/s1. The minimum Gasteiger partial charge on any atom is -0.468 e. The highest BCUT2D eigenvalue weighted by Gasteiger charge is 2.49. The number of ether oxygens (including phenoxy) is 1. The van der Waals surface area contributed by atoms with Crippen LogP contribution in [0.4, 0.5) is 0 Å². The number of esters is 1. The molecule has 1 aromatic carbocycles. The van der Waals surface area contributed by atoms with Crippen molar-refractivity contribution in [3.05, 3.63) is 35.5 Å². The summed E-state index contributed by atoms with van der Waals surface area (Å²) in [5.41, 5.74) is 3.89. The molecule has 2 aliphatic heterocycles. The highest BCUT2D eigenvalue weighted by atomic mass is 16.5. The third-order valence-electron chi connectivity index (χ3n) is 6.83. The fourth-order valence-electron chi connectivity index (χ4n) is 5.61. The number of hydrogen-bond acceptors (Lipinski definition) is 4. The van der Waals surface area contributed by atoms with Crippen LogP contribution in [0.1, 0.15) is 36.6 Å². The molecule has 0 unspecified atom stereocenters. The molecule has 2 fully saturated rings. The van der Waals surface area contributed by atoms with Gasteiger partial charge in [0, 0.05) is 36.1 Å². The molecule has 2 aromatic rings. The van der Waals surface area contributed by atoms with Gasteiger partial charge in [0.05, 0.1) is 13.2 Å². The SMILES string of the molecule is COC(=O)[C@@H]1C(=O)CC[C@@H]2CN3CCc4c([nH]c5ccccc45)[C@H]3C[C@H]21. The molecule has 0 spiro atoms. The number of methoxy groups -OCH3 is 1. The molecule has 5 nitrogen and oxygen atoms in total. The lowest BCUT2D eigenvalue weighted by Gasteiger charge is -2.49. The molecule has 1 aliphatic carbocycles. The molecular formula is C21H24N2O3. The first-order chi connectivity index (χ1) is 12.7. The number of aromatic nitrogens is 1. The zero-order valence-corrected chi connectivity index (χ0v) is 15.0. The summed E-state index contributed by atoms with van der Waals surface area (Å²) in [5, 5.41) is 1.31. The summed E-state index contributed by atoms with van der Waals surface area (Å²) in [6.45, 7) is 2.03. The molecule has 26 heavy (non-hydrogen) atoms. The molecule has 1 saturated carbocycles. The second-order valence-electron chi connectivity index (χ2n) is 7.99. The second kappa shape index (κ2) is 5.95. The first-order valence-corrected chi connectivity index (χ1v) is 9.61. The zero-order chi connectivity index (χ0) is 17.8. The predicted octanol–water partition coefficient (Wildman–Crippen LogP) is 2.86. The summed E-state index contributed by atoms with van der Waals surface area (Å²) in [7, 11) is 1.39. The maximum absolute atomic E-state index is 12.5. The van der Waals surface area contributed by atoms with Crippen LogP contribution in [-0.4, -0.2) is 41.8 Å². The summed E-state index contributed by atoms with van der Waals surface area (Å²) in [5.74, 6) is -0.331. The van der Waals surface area contributed by atoms with Crippen LogP contribution in [0.5, 0.6) is 0 Å². The van der Waals surface area contributed by atoms with Crippen molar-refractivity contribution in [2.75, 3.05) is 20.2 Å². The minimum atomic E-state index is -0.573. The number of hydrogen-bond donors (Lipinski definition) is 1. The number of ketones is 1. The topological polar surface area (TPSA) is 62.4 Å². The Bertz CT molecular complexity index is 879. The Hall–Kier alpha value is -2.14. The Balaban J connectivity index is 1.53. The Labute approximate surface area is 152 Å². The van der Waals surface area contributed by atoms with Crippen molar-refractivity contribution in [1.82, 2.24) is 9.88 Å². The van der Waals surface area contributed by atoms with E-state index in [2.05, 4.69) is 34.1 Å². The van der Waals surface area contributed by atoms with E-state index in [-0.39, 0.29) is 23.7 Å². The number of benzene rings is 1. The van der Waals surface area contributed by atoms with Gasteiger partial charge in [-0.15, -0.1) is 0 Å². The van der Waals surface area contributed by atoms with E-state index < -0.39 is 5.92 Å². The van der Waals surface area contributed by atoms with Crippen LogP contribution in [0.15, 0.2) is 24.3 Å². The van der Waals surface area contributed by atoms with E-state index in [0.29, 0.717) is 12.3 Å². The number of nitrogens with one attached hydrogen (secondary N) is 1. The van der Waals surface area contributed by atoms with Crippen LogP contribution in [-0.2, 0) is 20.7 Å². The van der Waals surface area contributed by atoms with E-state index in [9.17, 15) is 9.59 Å². The van der Waals surface area contributed by atoms with Gasteiger partial charge in [0.1, 0.15) is 11.7 Å². The highest BCUT2D eigenvalue weighted by molar-refractivity contribution is 6.00. The third-order valence-corrected chi connectivity index (χ3v) is 6.83. The molecule has 0 amide bonds. The quantitative estimate of drug-likeness (QED) is 0.633. The third kappa shape index (κ3) is 2.26. The van der Waals surface area contributed by atoms with Crippen molar-refractivity contribution in [1.29, 1.82) is 0 Å². The van der Waals surface area contributed by atoms with Gasteiger partial charge in [0.2, 0.25) is 0 Å². The fraction of sp³-hybridized carbons (Fsp3) is 0.524. The number of aromatic amines is 1. The lowest BCUT2D eigenvalue weighted by Crippen LogP contribution is -2.52. The maximum Gasteiger partial charge on any atom is 0.316 e. The Kier molecular flexibility index (Phi) is 3.67.